The first kappa shape index (κ1) is 14.0. The fraction of sp³-hybridized carbons (Fsp3) is 0.267. The first-order valence-corrected chi connectivity index (χ1v) is 8.61. The van der Waals surface area contributed by atoms with Gasteiger partial charge in [-0.05, 0) is 42.0 Å². The normalized spacial score (nSPS) is 13.9. The smallest absolute Gasteiger partial charge is 0.206 e. The summed E-state index contributed by atoms with van der Waals surface area (Å²) in [5, 5.41) is 0.547. The van der Waals surface area contributed by atoms with Crippen LogP contribution in [0.1, 0.15) is 25.7 Å². The molecule has 5 heteroatoms. The topological polar surface area (TPSA) is 26.3 Å². The third-order valence-electron chi connectivity index (χ3n) is 3.26. The van der Waals surface area contributed by atoms with Crippen molar-refractivity contribution < 1.29 is 9.53 Å². The molecule has 20 heavy (non-hydrogen) atoms. The van der Waals surface area contributed by atoms with Gasteiger partial charge >= 0.3 is 0 Å². The molecule has 2 aromatic rings. The van der Waals surface area contributed by atoms with Crippen molar-refractivity contribution in [2.75, 3.05) is 12.9 Å². The number of carbonyl (C=O) groups is 1. The monoisotopic (exact) mass is 324 g/mol. The molecule has 0 unspecified atom stereocenters. The molecule has 0 saturated carbocycles. The van der Waals surface area contributed by atoms with E-state index in [9.17, 15) is 4.79 Å². The second kappa shape index (κ2) is 5.80. The lowest BCUT2D eigenvalue weighted by Crippen LogP contribution is -2.02. The minimum atomic E-state index is -0.00579. The average molecular weight is 325 g/mol. The lowest BCUT2D eigenvalue weighted by Gasteiger charge is -2.08. The van der Waals surface area contributed by atoms with E-state index in [4.69, 9.17) is 16.3 Å². The van der Waals surface area contributed by atoms with E-state index in [1.165, 1.54) is 10.4 Å². The van der Waals surface area contributed by atoms with Crippen LogP contribution in [0, 0.1) is 0 Å². The zero-order chi connectivity index (χ0) is 14.1. The molecule has 3 rings (SSSR count). The number of fused-ring (bicyclic) bond motifs is 1. The van der Waals surface area contributed by atoms with E-state index in [0.717, 1.165) is 22.8 Å². The third-order valence-corrected chi connectivity index (χ3v) is 5.74. The fourth-order valence-electron chi connectivity index (χ4n) is 2.25. The molecule has 0 aliphatic carbocycles. The summed E-state index contributed by atoms with van der Waals surface area (Å²) in [6.07, 6.45) is 1.06. The minimum absolute atomic E-state index is 0.00579. The van der Waals surface area contributed by atoms with Crippen LogP contribution in [0.3, 0.4) is 0 Å². The Balaban J connectivity index is 2.00. The van der Waals surface area contributed by atoms with E-state index in [1.54, 1.807) is 36.6 Å². The molecule has 1 aliphatic rings. The molecule has 0 fully saturated rings. The van der Waals surface area contributed by atoms with Gasteiger partial charge in [0.1, 0.15) is 5.75 Å². The third kappa shape index (κ3) is 2.60. The minimum Gasteiger partial charge on any atom is -0.496 e. The van der Waals surface area contributed by atoms with E-state index < -0.39 is 0 Å². The Morgan fingerprint density at radius 1 is 1.35 bits per heavy atom. The van der Waals surface area contributed by atoms with E-state index >= 15 is 0 Å². The Kier molecular flexibility index (Phi) is 4.06. The summed E-state index contributed by atoms with van der Waals surface area (Å²) in [5.74, 6) is 2.71. The Hall–Kier alpha value is -0.970. The Labute approximate surface area is 131 Å². The molecule has 1 aliphatic heterocycles. The zero-order valence-corrected chi connectivity index (χ0v) is 13.3. The zero-order valence-electron chi connectivity index (χ0n) is 10.9. The summed E-state index contributed by atoms with van der Waals surface area (Å²) >= 11 is 9.52. The average Bonchev–Trinajstić information content (AvgIpc) is 2.90. The Bertz CT molecular complexity index is 640. The maximum atomic E-state index is 12.7. The van der Waals surface area contributed by atoms with Crippen LogP contribution in [-0.2, 0) is 12.2 Å². The maximum Gasteiger partial charge on any atom is 0.206 e. The number of benzene rings is 1. The molecule has 1 aromatic heterocycles. The number of carbonyl (C=O) groups excluding carboxylic acids is 1. The number of hydrogen-bond acceptors (Lipinski definition) is 4. The van der Waals surface area contributed by atoms with Crippen LogP contribution in [0.4, 0.5) is 0 Å². The molecule has 0 radical (unpaired) electrons. The number of ether oxygens (including phenoxy) is 1. The number of aryl methyl sites for hydroxylation is 1. The van der Waals surface area contributed by atoms with E-state index in [0.29, 0.717) is 16.3 Å². The molecule has 0 spiro atoms. The van der Waals surface area contributed by atoms with Crippen LogP contribution in [0.2, 0.25) is 5.02 Å². The van der Waals surface area contributed by atoms with Crippen molar-refractivity contribution in [2.45, 2.75) is 12.2 Å². The molecule has 0 bridgehead atoms. The molecule has 0 saturated heterocycles. The quantitative estimate of drug-likeness (QED) is 0.781. The highest BCUT2D eigenvalue weighted by Gasteiger charge is 2.21. The maximum absolute atomic E-state index is 12.7. The van der Waals surface area contributed by atoms with Crippen molar-refractivity contribution in [3.63, 3.8) is 0 Å². The SMILES string of the molecule is COc1ccc(Cl)cc1C(=O)c1cc2c(s1)CCSC2. The van der Waals surface area contributed by atoms with Gasteiger partial charge in [0.15, 0.2) is 0 Å². The molecule has 2 nitrogen and oxygen atoms in total. The predicted octanol–water partition coefficient (Wildman–Crippen LogP) is 4.43. The van der Waals surface area contributed by atoms with E-state index in [-0.39, 0.29) is 5.78 Å². The highest BCUT2D eigenvalue weighted by molar-refractivity contribution is 7.98. The molecule has 0 atom stereocenters. The summed E-state index contributed by atoms with van der Waals surface area (Å²) in [6.45, 7) is 0. The van der Waals surface area contributed by atoms with E-state index in [1.807, 2.05) is 17.8 Å². The summed E-state index contributed by atoms with van der Waals surface area (Å²) in [5.41, 5.74) is 1.84. The second-order valence-electron chi connectivity index (χ2n) is 4.54. The lowest BCUT2D eigenvalue weighted by molar-refractivity contribution is 0.103. The van der Waals surface area contributed by atoms with Gasteiger partial charge in [-0.2, -0.15) is 11.8 Å². The largest absolute Gasteiger partial charge is 0.496 e. The number of rotatable bonds is 3. The van der Waals surface area contributed by atoms with Crippen molar-refractivity contribution in [1.82, 2.24) is 0 Å². The van der Waals surface area contributed by atoms with Crippen molar-refractivity contribution in [3.05, 3.63) is 50.2 Å². The van der Waals surface area contributed by atoms with Gasteiger partial charge in [-0.3, -0.25) is 4.79 Å². The Morgan fingerprint density at radius 3 is 2.95 bits per heavy atom. The molecule has 2 heterocycles. The standard InChI is InChI=1S/C15H13ClO2S2/c1-18-12-3-2-10(16)7-11(12)15(17)14-6-9-8-19-5-4-13(9)20-14/h2-3,6-7H,4-5,8H2,1H3. The number of halogens is 1. The number of ketones is 1. The van der Waals surface area contributed by atoms with Crippen LogP contribution in [0.25, 0.3) is 0 Å². The van der Waals surface area contributed by atoms with Gasteiger partial charge in [-0.25, -0.2) is 0 Å². The number of thioether (sulfide) groups is 1. The van der Waals surface area contributed by atoms with Crippen LogP contribution in [0.15, 0.2) is 24.3 Å². The molecule has 104 valence electrons. The lowest BCUT2D eigenvalue weighted by atomic mass is 10.1. The molecule has 0 N–H and O–H groups in total. The summed E-state index contributed by atoms with van der Waals surface area (Å²) in [7, 11) is 1.57. The fourth-order valence-corrected chi connectivity index (χ4v) is 4.75. The van der Waals surface area contributed by atoms with Crippen LogP contribution >= 0.6 is 34.7 Å². The highest BCUT2D eigenvalue weighted by atomic mass is 35.5. The van der Waals surface area contributed by atoms with Crippen LogP contribution < -0.4 is 4.74 Å². The van der Waals surface area contributed by atoms with Crippen molar-refractivity contribution in [3.8, 4) is 5.75 Å². The van der Waals surface area contributed by atoms with Crippen molar-refractivity contribution >= 4 is 40.5 Å². The van der Waals surface area contributed by atoms with Crippen LogP contribution in [0.5, 0.6) is 5.75 Å². The van der Waals surface area contributed by atoms with Gasteiger partial charge in [0.05, 0.1) is 17.6 Å². The van der Waals surface area contributed by atoms with E-state index in [2.05, 4.69) is 0 Å². The first-order valence-electron chi connectivity index (χ1n) is 6.26. The van der Waals surface area contributed by atoms with Gasteiger partial charge < -0.3 is 4.74 Å². The number of hydrogen-bond donors (Lipinski definition) is 0. The van der Waals surface area contributed by atoms with Gasteiger partial charge in [0, 0.05) is 15.7 Å². The molecular formula is C15H13ClO2S2. The summed E-state index contributed by atoms with van der Waals surface area (Å²) < 4.78 is 5.27. The van der Waals surface area contributed by atoms with Crippen LogP contribution in [-0.4, -0.2) is 18.6 Å². The molecule has 1 aromatic carbocycles. The molecule has 0 amide bonds. The van der Waals surface area contributed by atoms with Gasteiger partial charge in [0.2, 0.25) is 5.78 Å². The highest BCUT2D eigenvalue weighted by Crippen LogP contribution is 2.34. The molecular weight excluding hydrogens is 312 g/mol. The first-order chi connectivity index (χ1) is 9.69. The predicted molar refractivity (Wildman–Crippen MR) is 85.6 cm³/mol. The summed E-state index contributed by atoms with van der Waals surface area (Å²) in [4.78, 5) is 14.8. The number of thiophene rings is 1. The van der Waals surface area contributed by atoms with Gasteiger partial charge in [-0.15, -0.1) is 11.3 Å². The summed E-state index contributed by atoms with van der Waals surface area (Å²) in [6, 6.07) is 7.16. The number of methoxy groups -OCH3 is 1. The Morgan fingerprint density at radius 2 is 2.20 bits per heavy atom. The van der Waals surface area contributed by atoms with Crippen molar-refractivity contribution in [1.29, 1.82) is 0 Å². The van der Waals surface area contributed by atoms with Gasteiger partial charge in [0.25, 0.3) is 0 Å². The van der Waals surface area contributed by atoms with Gasteiger partial charge in [-0.1, -0.05) is 11.6 Å². The van der Waals surface area contributed by atoms with Crippen molar-refractivity contribution in [2.24, 2.45) is 0 Å². The second-order valence-corrected chi connectivity index (χ2v) is 7.21.